The predicted molar refractivity (Wildman–Crippen MR) is 197 cm³/mol. The molecule has 0 aromatic heterocycles. The molecule has 14 nitrogen and oxygen atoms in total. The molecule has 4 rings (SSSR count). The molecule has 310 valence electrons. The lowest BCUT2D eigenvalue weighted by atomic mass is 9.72. The number of ether oxygens (including phenoxy) is 6. The molecule has 18 unspecified atom stereocenters. The lowest BCUT2D eigenvalue weighted by Crippen LogP contribution is -2.61. The first-order valence-electron chi connectivity index (χ1n) is 19.8. The minimum absolute atomic E-state index is 0.139. The van der Waals surface area contributed by atoms with Gasteiger partial charge in [-0.1, -0.05) is 20.3 Å². The number of carbonyl (C=O) groups excluding carboxylic acids is 1. The predicted octanol–water partition coefficient (Wildman–Crippen LogP) is 1.95. The van der Waals surface area contributed by atoms with Gasteiger partial charge in [0.25, 0.3) is 0 Å². The van der Waals surface area contributed by atoms with Crippen LogP contribution in [0.5, 0.6) is 0 Å². The molecule has 0 aromatic carbocycles. The minimum atomic E-state index is -1.78. The van der Waals surface area contributed by atoms with Crippen LogP contribution in [0.25, 0.3) is 0 Å². The summed E-state index contributed by atoms with van der Waals surface area (Å²) in [6, 6.07) is -0.843. The number of aliphatic hydroxyl groups is 5. The van der Waals surface area contributed by atoms with Crippen LogP contribution in [0.3, 0.4) is 0 Å². The van der Waals surface area contributed by atoms with E-state index in [1.807, 2.05) is 39.8 Å². The Bertz CT molecular complexity index is 1190. The number of aliphatic hydroxyl groups excluding tert-OH is 3. The molecular weight excluding hydrogens is 688 g/mol. The van der Waals surface area contributed by atoms with Crippen molar-refractivity contribution in [3.8, 4) is 0 Å². The van der Waals surface area contributed by atoms with Gasteiger partial charge in [0.1, 0.15) is 30.0 Å². The third kappa shape index (κ3) is 9.93. The molecule has 6 N–H and O–H groups in total. The number of cyclic esters (lactones) is 1. The summed E-state index contributed by atoms with van der Waals surface area (Å²) in [5, 5.41) is 61.8. The fraction of sp³-hybridized carbons (Fsp3) is 0.974. The van der Waals surface area contributed by atoms with E-state index in [2.05, 4.69) is 5.32 Å². The fourth-order valence-electron chi connectivity index (χ4n) is 9.14. The van der Waals surface area contributed by atoms with Crippen molar-refractivity contribution in [3.63, 3.8) is 0 Å². The van der Waals surface area contributed by atoms with Gasteiger partial charge < -0.3 is 64.2 Å². The Morgan fingerprint density at radius 1 is 0.906 bits per heavy atom. The summed E-state index contributed by atoms with van der Waals surface area (Å²) >= 11 is 0. The zero-order valence-electron chi connectivity index (χ0n) is 34.2. The number of nitrogens with one attached hydrogen (secondary N) is 1. The molecule has 0 bridgehead atoms. The largest absolute Gasteiger partial charge is 0.459 e. The Morgan fingerprint density at radius 3 is 2.11 bits per heavy atom. The van der Waals surface area contributed by atoms with Gasteiger partial charge in [-0.2, -0.15) is 0 Å². The fourth-order valence-corrected chi connectivity index (χ4v) is 9.14. The van der Waals surface area contributed by atoms with Gasteiger partial charge in [-0.25, -0.2) is 0 Å². The summed E-state index contributed by atoms with van der Waals surface area (Å²) in [6.07, 6.45) is -5.90. The average molecular weight is 761 g/mol. The van der Waals surface area contributed by atoms with Crippen LogP contribution >= 0.6 is 0 Å². The standard InChI is InChI=1S/C39H72N2O12/c1-20-17-37(7,46)33(53-36-29(42)27(41(10)11)16-21(2)49-36)22(3)30(51-28-18-38(8,48-12)32(44)25(6)50-28)23(4)35(45)52-34(26-14-13-15-26)39(9,47)31(43)24(5)40-19-20/h20-34,36,40,42-44,46-47H,13-19H2,1-12H3. The van der Waals surface area contributed by atoms with Crippen molar-refractivity contribution in [2.24, 2.45) is 23.7 Å². The highest BCUT2D eigenvalue weighted by atomic mass is 16.7. The SMILES string of the molecule is COC1(C)CC(OC2C(C)C(=O)OC(C3CCC3)C(C)(O)C(O)C(C)NCC(C)CC(C)(O)C(OC3OC(C)CC(N(C)C)C3O)C2C)OC(C)C1O. The Kier molecular flexibility index (Phi) is 14.9. The van der Waals surface area contributed by atoms with Gasteiger partial charge in [0, 0.05) is 31.5 Å². The summed E-state index contributed by atoms with van der Waals surface area (Å²) in [6.45, 7) is 16.3. The zero-order valence-corrected chi connectivity index (χ0v) is 34.2. The third-order valence-electron chi connectivity index (χ3n) is 12.8. The molecule has 4 aliphatic rings. The molecule has 0 amide bonds. The van der Waals surface area contributed by atoms with Gasteiger partial charge in [0.05, 0.1) is 41.5 Å². The molecule has 1 saturated carbocycles. The number of methoxy groups -OCH3 is 1. The van der Waals surface area contributed by atoms with Gasteiger partial charge >= 0.3 is 5.97 Å². The lowest BCUT2D eigenvalue weighted by molar-refractivity contribution is -0.318. The van der Waals surface area contributed by atoms with Crippen LogP contribution in [0.4, 0.5) is 0 Å². The summed E-state index contributed by atoms with van der Waals surface area (Å²) in [7, 11) is 5.29. The highest BCUT2D eigenvalue weighted by molar-refractivity contribution is 5.73. The van der Waals surface area contributed by atoms with Crippen LogP contribution in [0.1, 0.15) is 101 Å². The zero-order chi connectivity index (χ0) is 39.8. The summed E-state index contributed by atoms with van der Waals surface area (Å²) in [5.74, 6) is -2.68. The molecule has 0 aromatic rings. The van der Waals surface area contributed by atoms with E-state index >= 15 is 0 Å². The molecule has 18 atom stereocenters. The summed E-state index contributed by atoms with van der Waals surface area (Å²) < 4.78 is 37.9. The van der Waals surface area contributed by atoms with Crippen molar-refractivity contribution < 1.29 is 58.7 Å². The van der Waals surface area contributed by atoms with Crippen LogP contribution in [-0.2, 0) is 33.2 Å². The quantitative estimate of drug-likeness (QED) is 0.207. The van der Waals surface area contributed by atoms with E-state index in [0.717, 1.165) is 19.3 Å². The number of rotatable bonds is 7. The van der Waals surface area contributed by atoms with Crippen molar-refractivity contribution >= 4 is 5.97 Å². The summed E-state index contributed by atoms with van der Waals surface area (Å²) in [4.78, 5) is 16.3. The number of carbonyl (C=O) groups is 1. The van der Waals surface area contributed by atoms with Gasteiger partial charge in [0.15, 0.2) is 12.6 Å². The number of hydrogen-bond donors (Lipinski definition) is 6. The molecule has 3 heterocycles. The molecule has 53 heavy (non-hydrogen) atoms. The van der Waals surface area contributed by atoms with Crippen molar-refractivity contribution in [1.82, 2.24) is 10.2 Å². The maximum atomic E-state index is 14.4. The highest BCUT2D eigenvalue weighted by Crippen LogP contribution is 2.42. The molecule has 3 aliphatic heterocycles. The number of hydrogen-bond acceptors (Lipinski definition) is 14. The van der Waals surface area contributed by atoms with Crippen LogP contribution in [0.2, 0.25) is 0 Å². The smallest absolute Gasteiger partial charge is 0.311 e. The van der Waals surface area contributed by atoms with Crippen LogP contribution in [0, 0.1) is 23.7 Å². The first-order valence-corrected chi connectivity index (χ1v) is 19.8. The Hall–Kier alpha value is -1.01. The van der Waals surface area contributed by atoms with Crippen molar-refractivity contribution in [2.75, 3.05) is 27.7 Å². The van der Waals surface area contributed by atoms with Gasteiger partial charge in [-0.15, -0.1) is 0 Å². The third-order valence-corrected chi connectivity index (χ3v) is 12.8. The van der Waals surface area contributed by atoms with E-state index in [0.29, 0.717) is 13.0 Å². The molecule has 0 radical (unpaired) electrons. The first kappa shape index (κ1) is 44.7. The normalized spacial score (nSPS) is 50.2. The number of nitrogens with zero attached hydrogens (tertiary/aromatic N) is 1. The molecule has 1 aliphatic carbocycles. The van der Waals surface area contributed by atoms with Gasteiger partial charge in [-0.05, 0) is 107 Å². The molecule has 3 saturated heterocycles. The van der Waals surface area contributed by atoms with Crippen molar-refractivity contribution in [2.45, 2.75) is 191 Å². The highest BCUT2D eigenvalue weighted by Gasteiger charge is 2.54. The number of esters is 1. The molecule has 4 fully saturated rings. The van der Waals surface area contributed by atoms with E-state index in [-0.39, 0.29) is 36.8 Å². The second-order valence-electron chi connectivity index (χ2n) is 17.9. The molecule has 0 spiro atoms. The molecular formula is C39H72N2O12. The van der Waals surface area contributed by atoms with Gasteiger partial charge in [-0.3, -0.25) is 4.79 Å². The van der Waals surface area contributed by atoms with Gasteiger partial charge in [0.2, 0.25) is 0 Å². The van der Waals surface area contributed by atoms with E-state index in [9.17, 15) is 30.3 Å². The Labute approximate surface area is 317 Å². The minimum Gasteiger partial charge on any atom is -0.459 e. The monoisotopic (exact) mass is 761 g/mol. The maximum Gasteiger partial charge on any atom is 0.311 e. The number of likely N-dealkylation sites (N-methyl/N-ethyl adjacent to an activating group) is 1. The lowest BCUT2D eigenvalue weighted by Gasteiger charge is -2.49. The van der Waals surface area contributed by atoms with Crippen LogP contribution < -0.4 is 5.32 Å². The van der Waals surface area contributed by atoms with Crippen LogP contribution in [0.15, 0.2) is 0 Å². The Morgan fingerprint density at radius 2 is 1.55 bits per heavy atom. The van der Waals surface area contributed by atoms with Crippen molar-refractivity contribution in [1.29, 1.82) is 0 Å². The molecule has 14 heteroatoms. The maximum absolute atomic E-state index is 14.4. The first-order chi connectivity index (χ1) is 24.5. The second-order valence-corrected chi connectivity index (χ2v) is 17.9. The second kappa shape index (κ2) is 17.6. The van der Waals surface area contributed by atoms with E-state index in [4.69, 9.17) is 28.4 Å². The van der Waals surface area contributed by atoms with Crippen LogP contribution in [-0.4, -0.2) is 154 Å². The van der Waals surface area contributed by atoms with Crippen molar-refractivity contribution in [3.05, 3.63) is 0 Å². The topological polar surface area (TPSA) is 189 Å². The summed E-state index contributed by atoms with van der Waals surface area (Å²) in [5.41, 5.74) is -4.35. The van der Waals surface area contributed by atoms with E-state index in [1.165, 1.54) is 14.0 Å². The van der Waals surface area contributed by atoms with E-state index < -0.39 is 96.0 Å². The Balaban J connectivity index is 1.81. The van der Waals surface area contributed by atoms with E-state index in [1.54, 1.807) is 34.6 Å². The average Bonchev–Trinajstić information content (AvgIpc) is 3.05.